The maximum absolute atomic E-state index is 3.62. The molecule has 68 valence electrons. The third-order valence-corrected chi connectivity index (χ3v) is 1.85. The van der Waals surface area contributed by atoms with Crippen LogP contribution in [0, 0.1) is 0 Å². The van der Waals surface area contributed by atoms with E-state index in [1.54, 1.807) is 6.08 Å². The first-order valence-corrected chi connectivity index (χ1v) is 4.38. The fourth-order valence-electron chi connectivity index (χ4n) is 1.10. The topological polar surface area (TPSA) is 3.24 Å². The summed E-state index contributed by atoms with van der Waals surface area (Å²) in [4.78, 5) is 2.18. The Morgan fingerprint density at radius 3 is 2.62 bits per heavy atom. The molecule has 0 N–H and O–H groups in total. The zero-order valence-corrected chi connectivity index (χ0v) is 7.98. The van der Waals surface area contributed by atoms with Gasteiger partial charge < -0.3 is 4.90 Å². The lowest BCUT2D eigenvalue weighted by atomic mass is 10.3. The van der Waals surface area contributed by atoms with Crippen molar-refractivity contribution in [2.45, 2.75) is 0 Å². The molecule has 0 radical (unpaired) electrons. The molecule has 0 saturated heterocycles. The van der Waals surface area contributed by atoms with E-state index in [0.29, 0.717) is 0 Å². The second kappa shape index (κ2) is 5.20. The smallest absolute Gasteiger partial charge is 0.0366 e. The van der Waals surface area contributed by atoms with Crippen LogP contribution in [0.2, 0.25) is 0 Å². The Morgan fingerprint density at radius 1 is 1.31 bits per heavy atom. The molecule has 13 heavy (non-hydrogen) atoms. The Morgan fingerprint density at radius 2 is 2.00 bits per heavy atom. The van der Waals surface area contributed by atoms with Crippen LogP contribution in [0.25, 0.3) is 0 Å². The number of allylic oxidation sites excluding steroid dienone is 2. The van der Waals surface area contributed by atoms with E-state index in [9.17, 15) is 0 Å². The Kier molecular flexibility index (Phi) is 3.83. The average Bonchev–Trinajstić information content (AvgIpc) is 2.19. The fourth-order valence-corrected chi connectivity index (χ4v) is 1.10. The van der Waals surface area contributed by atoms with Gasteiger partial charge in [0.05, 0.1) is 0 Å². The molecule has 0 fully saturated rings. The first-order valence-electron chi connectivity index (χ1n) is 4.38. The van der Waals surface area contributed by atoms with Crippen LogP contribution >= 0.6 is 0 Å². The Balaban J connectivity index is 2.53. The second-order valence-electron chi connectivity index (χ2n) is 2.88. The number of likely N-dealkylation sites (N-methyl/N-ethyl adjacent to an activating group) is 1. The van der Waals surface area contributed by atoms with Crippen molar-refractivity contribution in [3.63, 3.8) is 0 Å². The highest BCUT2D eigenvalue weighted by atomic mass is 15.1. The summed E-state index contributed by atoms with van der Waals surface area (Å²) in [6, 6.07) is 10.3. The molecular formula is C12H15N. The van der Waals surface area contributed by atoms with Crippen molar-refractivity contribution in [2.75, 3.05) is 18.5 Å². The molecule has 1 heteroatoms. The molecule has 0 bridgehead atoms. The molecule has 0 atom stereocenters. The van der Waals surface area contributed by atoms with Gasteiger partial charge in [-0.3, -0.25) is 0 Å². The summed E-state index contributed by atoms with van der Waals surface area (Å²) >= 11 is 0. The molecule has 1 aromatic carbocycles. The van der Waals surface area contributed by atoms with Gasteiger partial charge in [-0.25, -0.2) is 0 Å². The van der Waals surface area contributed by atoms with Crippen LogP contribution in [0.15, 0.2) is 55.1 Å². The molecular weight excluding hydrogens is 158 g/mol. The van der Waals surface area contributed by atoms with E-state index in [-0.39, 0.29) is 0 Å². The van der Waals surface area contributed by atoms with E-state index in [1.165, 1.54) is 5.69 Å². The Labute approximate surface area is 80.0 Å². The molecule has 0 unspecified atom stereocenters. The molecule has 1 aromatic rings. The first kappa shape index (κ1) is 9.59. The van der Waals surface area contributed by atoms with Crippen molar-refractivity contribution in [1.29, 1.82) is 0 Å². The summed E-state index contributed by atoms with van der Waals surface area (Å²) in [5, 5.41) is 0. The molecule has 0 aliphatic heterocycles. The van der Waals surface area contributed by atoms with Gasteiger partial charge in [0.15, 0.2) is 0 Å². The zero-order chi connectivity index (χ0) is 9.52. The van der Waals surface area contributed by atoms with Crippen molar-refractivity contribution < 1.29 is 0 Å². The highest BCUT2D eigenvalue weighted by Gasteiger charge is 1.94. The van der Waals surface area contributed by atoms with Crippen LogP contribution < -0.4 is 4.90 Å². The van der Waals surface area contributed by atoms with Gasteiger partial charge in [0.2, 0.25) is 0 Å². The highest BCUT2D eigenvalue weighted by molar-refractivity contribution is 5.45. The molecule has 0 saturated carbocycles. The van der Waals surface area contributed by atoms with Crippen LogP contribution in [0.1, 0.15) is 0 Å². The molecule has 0 spiro atoms. The number of benzene rings is 1. The summed E-state index contributed by atoms with van der Waals surface area (Å²) in [5.41, 5.74) is 1.23. The standard InChI is InChI=1S/C12H15N/c1-3-4-8-11-13(2)12-9-6-5-7-10-12/h3-10H,1,11H2,2H3. The van der Waals surface area contributed by atoms with E-state index < -0.39 is 0 Å². The van der Waals surface area contributed by atoms with Gasteiger partial charge in [0, 0.05) is 19.3 Å². The van der Waals surface area contributed by atoms with Gasteiger partial charge >= 0.3 is 0 Å². The van der Waals surface area contributed by atoms with Crippen LogP contribution in [-0.4, -0.2) is 13.6 Å². The normalized spacial score (nSPS) is 10.2. The maximum Gasteiger partial charge on any atom is 0.0366 e. The molecule has 1 nitrogen and oxygen atoms in total. The molecule has 0 aliphatic carbocycles. The predicted molar refractivity (Wildman–Crippen MR) is 59.0 cm³/mol. The van der Waals surface area contributed by atoms with Crippen LogP contribution in [0.3, 0.4) is 0 Å². The fraction of sp³-hybridized carbons (Fsp3) is 0.167. The quantitative estimate of drug-likeness (QED) is 0.633. The summed E-state index contributed by atoms with van der Waals surface area (Å²) in [7, 11) is 2.07. The maximum atomic E-state index is 3.62. The molecule has 0 amide bonds. The van der Waals surface area contributed by atoms with Crippen LogP contribution in [-0.2, 0) is 0 Å². The van der Waals surface area contributed by atoms with Crippen molar-refractivity contribution in [3.8, 4) is 0 Å². The number of hydrogen-bond acceptors (Lipinski definition) is 1. The predicted octanol–water partition coefficient (Wildman–Crippen LogP) is 2.87. The number of hydrogen-bond donors (Lipinski definition) is 0. The number of nitrogens with zero attached hydrogens (tertiary/aromatic N) is 1. The number of anilines is 1. The second-order valence-corrected chi connectivity index (χ2v) is 2.88. The van der Waals surface area contributed by atoms with Gasteiger partial charge in [0.1, 0.15) is 0 Å². The van der Waals surface area contributed by atoms with E-state index >= 15 is 0 Å². The van der Waals surface area contributed by atoms with E-state index in [2.05, 4.69) is 36.7 Å². The minimum Gasteiger partial charge on any atom is -0.371 e. The van der Waals surface area contributed by atoms with E-state index in [1.807, 2.05) is 24.3 Å². The SMILES string of the molecule is C=CC=CCN(C)c1ccccc1. The average molecular weight is 173 g/mol. The Bertz CT molecular complexity index is 274. The lowest BCUT2D eigenvalue weighted by Gasteiger charge is -2.16. The Hall–Kier alpha value is -1.50. The van der Waals surface area contributed by atoms with Crippen molar-refractivity contribution >= 4 is 5.69 Å². The van der Waals surface area contributed by atoms with Crippen molar-refractivity contribution in [2.24, 2.45) is 0 Å². The van der Waals surface area contributed by atoms with Gasteiger partial charge in [-0.05, 0) is 12.1 Å². The number of rotatable bonds is 4. The molecule has 0 heterocycles. The monoisotopic (exact) mass is 173 g/mol. The van der Waals surface area contributed by atoms with Crippen LogP contribution in [0.4, 0.5) is 5.69 Å². The summed E-state index contributed by atoms with van der Waals surface area (Å²) in [6.07, 6.45) is 5.83. The molecule has 1 rings (SSSR count). The first-order chi connectivity index (χ1) is 6.34. The molecule has 0 aliphatic rings. The van der Waals surface area contributed by atoms with Gasteiger partial charge in [-0.2, -0.15) is 0 Å². The minimum atomic E-state index is 0.913. The van der Waals surface area contributed by atoms with E-state index in [0.717, 1.165) is 6.54 Å². The van der Waals surface area contributed by atoms with Crippen LogP contribution in [0.5, 0.6) is 0 Å². The lowest BCUT2D eigenvalue weighted by molar-refractivity contribution is 1.03. The van der Waals surface area contributed by atoms with Crippen molar-refractivity contribution in [1.82, 2.24) is 0 Å². The van der Waals surface area contributed by atoms with Gasteiger partial charge in [0.25, 0.3) is 0 Å². The molecule has 0 aromatic heterocycles. The zero-order valence-electron chi connectivity index (χ0n) is 7.98. The van der Waals surface area contributed by atoms with Gasteiger partial charge in [-0.1, -0.05) is 43.0 Å². The third kappa shape index (κ3) is 3.16. The highest BCUT2D eigenvalue weighted by Crippen LogP contribution is 2.09. The number of para-hydroxylation sites is 1. The summed E-state index contributed by atoms with van der Waals surface area (Å²) in [6.45, 7) is 4.54. The minimum absolute atomic E-state index is 0.913. The summed E-state index contributed by atoms with van der Waals surface area (Å²) < 4.78 is 0. The summed E-state index contributed by atoms with van der Waals surface area (Å²) in [5.74, 6) is 0. The third-order valence-electron chi connectivity index (χ3n) is 1.85. The van der Waals surface area contributed by atoms with E-state index in [4.69, 9.17) is 0 Å². The van der Waals surface area contributed by atoms with Crippen molar-refractivity contribution in [3.05, 3.63) is 55.1 Å². The lowest BCUT2D eigenvalue weighted by Crippen LogP contribution is -2.16. The van der Waals surface area contributed by atoms with Gasteiger partial charge in [-0.15, -0.1) is 0 Å². The largest absolute Gasteiger partial charge is 0.371 e.